The zero-order valence-corrected chi connectivity index (χ0v) is 14.0. The highest BCUT2D eigenvalue weighted by atomic mass is 32.1. The van der Waals surface area contributed by atoms with Crippen molar-refractivity contribution >= 4 is 22.8 Å². The van der Waals surface area contributed by atoms with E-state index in [-0.39, 0.29) is 5.69 Å². The third-order valence-corrected chi connectivity index (χ3v) is 5.01. The lowest BCUT2D eigenvalue weighted by atomic mass is 10.2. The number of aryl methyl sites for hydroxylation is 2. The SMILES string of the molecule is Cc1nc(C)c(CN2CC[C@@H](Nc3ccc([N+](=O)[O-])cn3)C2)s1. The van der Waals surface area contributed by atoms with Gasteiger partial charge in [0.2, 0.25) is 0 Å². The van der Waals surface area contributed by atoms with Crippen LogP contribution in [0.25, 0.3) is 0 Å². The van der Waals surface area contributed by atoms with E-state index in [9.17, 15) is 10.1 Å². The molecule has 1 fully saturated rings. The van der Waals surface area contributed by atoms with Crippen molar-refractivity contribution in [2.45, 2.75) is 32.9 Å². The molecular formula is C15H19N5O2S. The molecule has 0 spiro atoms. The van der Waals surface area contributed by atoms with Gasteiger partial charge >= 0.3 is 0 Å². The van der Waals surface area contributed by atoms with Crippen LogP contribution in [0.5, 0.6) is 0 Å². The first-order valence-corrected chi connectivity index (χ1v) is 8.35. The summed E-state index contributed by atoms with van der Waals surface area (Å²) in [7, 11) is 0. The van der Waals surface area contributed by atoms with E-state index in [2.05, 4.69) is 27.1 Å². The van der Waals surface area contributed by atoms with Crippen molar-refractivity contribution in [1.29, 1.82) is 0 Å². The van der Waals surface area contributed by atoms with Crippen LogP contribution in [0.2, 0.25) is 0 Å². The van der Waals surface area contributed by atoms with E-state index in [1.54, 1.807) is 17.4 Å². The summed E-state index contributed by atoms with van der Waals surface area (Å²) in [5.41, 5.74) is 1.14. The molecule has 2 aromatic rings. The molecule has 2 aromatic heterocycles. The lowest BCUT2D eigenvalue weighted by molar-refractivity contribution is -0.385. The molecule has 122 valence electrons. The predicted octanol–water partition coefficient (Wildman–Crippen LogP) is 2.75. The first-order valence-electron chi connectivity index (χ1n) is 7.53. The van der Waals surface area contributed by atoms with Gasteiger partial charge in [-0.1, -0.05) is 0 Å². The molecule has 1 saturated heterocycles. The lowest BCUT2D eigenvalue weighted by Crippen LogP contribution is -2.26. The molecule has 7 nitrogen and oxygen atoms in total. The predicted molar refractivity (Wildman–Crippen MR) is 89.8 cm³/mol. The minimum absolute atomic E-state index is 0.0136. The Balaban J connectivity index is 1.55. The Morgan fingerprint density at radius 2 is 2.30 bits per heavy atom. The van der Waals surface area contributed by atoms with Crippen LogP contribution in [0.15, 0.2) is 18.3 Å². The van der Waals surface area contributed by atoms with Crippen LogP contribution in [-0.4, -0.2) is 38.9 Å². The molecule has 0 radical (unpaired) electrons. The fourth-order valence-corrected chi connectivity index (χ4v) is 3.79. The van der Waals surface area contributed by atoms with Crippen LogP contribution in [0.4, 0.5) is 11.5 Å². The van der Waals surface area contributed by atoms with Crippen LogP contribution in [-0.2, 0) is 6.54 Å². The third kappa shape index (κ3) is 3.83. The van der Waals surface area contributed by atoms with Crippen LogP contribution in [0.1, 0.15) is 22.0 Å². The van der Waals surface area contributed by atoms with Crippen molar-refractivity contribution in [3.8, 4) is 0 Å². The number of rotatable bonds is 5. The van der Waals surface area contributed by atoms with Crippen molar-refractivity contribution in [2.75, 3.05) is 18.4 Å². The van der Waals surface area contributed by atoms with Crippen molar-refractivity contribution in [1.82, 2.24) is 14.9 Å². The van der Waals surface area contributed by atoms with Crippen molar-refractivity contribution in [3.63, 3.8) is 0 Å². The molecule has 1 atom stereocenters. The highest BCUT2D eigenvalue weighted by Crippen LogP contribution is 2.23. The Hall–Kier alpha value is -2.06. The Morgan fingerprint density at radius 1 is 1.48 bits per heavy atom. The summed E-state index contributed by atoms with van der Waals surface area (Å²) in [6.07, 6.45) is 2.33. The minimum Gasteiger partial charge on any atom is -0.366 e. The Morgan fingerprint density at radius 3 is 2.91 bits per heavy atom. The average molecular weight is 333 g/mol. The topological polar surface area (TPSA) is 84.2 Å². The van der Waals surface area contributed by atoms with Gasteiger partial charge in [-0.25, -0.2) is 9.97 Å². The summed E-state index contributed by atoms with van der Waals surface area (Å²) in [5.74, 6) is 0.687. The van der Waals surface area contributed by atoms with E-state index >= 15 is 0 Å². The molecule has 0 saturated carbocycles. The van der Waals surface area contributed by atoms with Gasteiger partial charge in [-0.2, -0.15) is 0 Å². The number of aromatic nitrogens is 2. The van der Waals surface area contributed by atoms with Gasteiger partial charge < -0.3 is 5.32 Å². The largest absolute Gasteiger partial charge is 0.366 e. The zero-order chi connectivity index (χ0) is 16.4. The maximum Gasteiger partial charge on any atom is 0.287 e. The second-order valence-electron chi connectivity index (χ2n) is 5.77. The van der Waals surface area contributed by atoms with Gasteiger partial charge in [-0.3, -0.25) is 15.0 Å². The molecule has 3 heterocycles. The zero-order valence-electron chi connectivity index (χ0n) is 13.2. The fourth-order valence-electron chi connectivity index (χ4n) is 2.81. The van der Waals surface area contributed by atoms with Crippen LogP contribution < -0.4 is 5.32 Å². The number of hydrogen-bond donors (Lipinski definition) is 1. The molecule has 1 aliphatic rings. The maximum atomic E-state index is 10.6. The number of hydrogen-bond acceptors (Lipinski definition) is 7. The van der Waals surface area contributed by atoms with Gasteiger partial charge in [-0.05, 0) is 26.3 Å². The van der Waals surface area contributed by atoms with Crippen LogP contribution in [0.3, 0.4) is 0 Å². The van der Waals surface area contributed by atoms with Gasteiger partial charge in [0.1, 0.15) is 12.0 Å². The first kappa shape index (κ1) is 15.8. The van der Waals surface area contributed by atoms with Gasteiger partial charge in [0.25, 0.3) is 5.69 Å². The van der Waals surface area contributed by atoms with E-state index in [0.717, 1.165) is 36.8 Å². The number of thiazole rings is 1. The summed E-state index contributed by atoms with van der Waals surface area (Å²) in [6, 6.07) is 3.46. The number of pyridine rings is 1. The second kappa shape index (κ2) is 6.59. The summed E-state index contributed by atoms with van der Waals surface area (Å²) in [4.78, 5) is 22.5. The summed E-state index contributed by atoms with van der Waals surface area (Å²) in [6.45, 7) is 7.00. The average Bonchev–Trinajstić information content (AvgIpc) is 3.06. The monoisotopic (exact) mass is 333 g/mol. The molecule has 0 aliphatic carbocycles. The molecule has 0 amide bonds. The molecule has 0 unspecified atom stereocenters. The van der Waals surface area contributed by atoms with Gasteiger partial charge in [0, 0.05) is 36.6 Å². The molecule has 1 N–H and O–H groups in total. The highest BCUT2D eigenvalue weighted by Gasteiger charge is 2.24. The number of nitrogens with zero attached hydrogens (tertiary/aromatic N) is 4. The minimum atomic E-state index is -0.437. The number of likely N-dealkylation sites (tertiary alicyclic amines) is 1. The standard InChI is InChI=1S/C15H19N5O2S/c1-10-14(23-11(2)17-10)9-19-6-5-12(8-19)18-15-4-3-13(7-16-15)20(21)22/h3-4,7,12H,5-6,8-9H2,1-2H3,(H,16,18)/t12-/m1/s1. The number of nitro groups is 1. The van der Waals surface area contributed by atoms with Crippen molar-refractivity contribution in [2.24, 2.45) is 0 Å². The van der Waals surface area contributed by atoms with E-state index < -0.39 is 4.92 Å². The molecule has 23 heavy (non-hydrogen) atoms. The van der Waals surface area contributed by atoms with Crippen LogP contribution in [0, 0.1) is 24.0 Å². The molecule has 3 rings (SSSR count). The van der Waals surface area contributed by atoms with Crippen molar-refractivity contribution < 1.29 is 4.92 Å². The highest BCUT2D eigenvalue weighted by molar-refractivity contribution is 7.11. The first-order chi connectivity index (χ1) is 11.0. The van der Waals surface area contributed by atoms with Gasteiger partial charge in [0.15, 0.2) is 0 Å². The maximum absolute atomic E-state index is 10.6. The van der Waals surface area contributed by atoms with E-state index in [0.29, 0.717) is 11.9 Å². The van der Waals surface area contributed by atoms with Crippen molar-refractivity contribution in [3.05, 3.63) is 44.0 Å². The Bertz CT molecular complexity index is 700. The van der Waals surface area contributed by atoms with E-state index in [1.165, 1.54) is 17.1 Å². The Kier molecular flexibility index (Phi) is 4.53. The lowest BCUT2D eigenvalue weighted by Gasteiger charge is -2.16. The smallest absolute Gasteiger partial charge is 0.287 e. The summed E-state index contributed by atoms with van der Waals surface area (Å²) < 4.78 is 0. The second-order valence-corrected chi connectivity index (χ2v) is 7.05. The summed E-state index contributed by atoms with van der Waals surface area (Å²) >= 11 is 1.76. The number of nitrogens with one attached hydrogen (secondary N) is 1. The third-order valence-electron chi connectivity index (χ3n) is 3.95. The van der Waals surface area contributed by atoms with Crippen LogP contribution >= 0.6 is 11.3 Å². The number of anilines is 1. The van der Waals surface area contributed by atoms with Gasteiger partial charge in [0.05, 0.1) is 15.6 Å². The molecule has 0 bridgehead atoms. The molecule has 0 aromatic carbocycles. The molecule has 1 aliphatic heterocycles. The quantitative estimate of drug-likeness (QED) is 0.669. The Labute approximate surface area is 138 Å². The van der Waals surface area contributed by atoms with E-state index in [1.807, 2.05) is 6.92 Å². The fraction of sp³-hybridized carbons (Fsp3) is 0.467. The summed E-state index contributed by atoms with van der Waals surface area (Å²) in [5, 5.41) is 15.1. The molecular weight excluding hydrogens is 314 g/mol. The van der Waals surface area contributed by atoms with Gasteiger partial charge in [-0.15, -0.1) is 11.3 Å². The molecule has 8 heteroatoms. The normalized spacial score (nSPS) is 18.3. The van der Waals surface area contributed by atoms with E-state index in [4.69, 9.17) is 0 Å².